The molecule has 1 heterocycles. The van der Waals surface area contributed by atoms with Gasteiger partial charge in [-0.3, -0.25) is 4.90 Å². The van der Waals surface area contributed by atoms with Crippen LogP contribution in [0.25, 0.3) is 0 Å². The van der Waals surface area contributed by atoms with Crippen LogP contribution in [0.3, 0.4) is 0 Å². The molecule has 0 spiro atoms. The summed E-state index contributed by atoms with van der Waals surface area (Å²) in [7, 11) is 0. The molecule has 2 fully saturated rings. The molecule has 17 heavy (non-hydrogen) atoms. The molecule has 0 N–H and O–H groups in total. The molecule has 1 unspecified atom stereocenters. The van der Waals surface area contributed by atoms with Gasteiger partial charge in [-0.05, 0) is 50.6 Å². The summed E-state index contributed by atoms with van der Waals surface area (Å²) in [6.45, 7) is 6.94. The van der Waals surface area contributed by atoms with E-state index in [9.17, 15) is 5.26 Å². The minimum atomic E-state index is -0.147. The summed E-state index contributed by atoms with van der Waals surface area (Å²) < 4.78 is 0. The number of hydrogen-bond donors (Lipinski definition) is 0. The molecule has 2 rings (SSSR count). The topological polar surface area (TPSA) is 27.0 Å². The van der Waals surface area contributed by atoms with Crippen LogP contribution in [-0.2, 0) is 0 Å². The molecule has 1 aliphatic carbocycles. The average molecular weight is 234 g/mol. The lowest BCUT2D eigenvalue weighted by atomic mass is 9.68. The third kappa shape index (κ3) is 2.83. The van der Waals surface area contributed by atoms with E-state index in [-0.39, 0.29) is 5.54 Å². The molecule has 1 saturated heterocycles. The molecule has 0 radical (unpaired) electrons. The highest BCUT2D eigenvalue weighted by molar-refractivity contribution is 5.12. The van der Waals surface area contributed by atoms with Crippen LogP contribution in [0, 0.1) is 16.7 Å². The minimum Gasteiger partial charge on any atom is -0.286 e. The van der Waals surface area contributed by atoms with E-state index < -0.39 is 0 Å². The van der Waals surface area contributed by atoms with Crippen molar-refractivity contribution in [2.45, 2.75) is 70.8 Å². The van der Waals surface area contributed by atoms with Crippen molar-refractivity contribution in [2.75, 3.05) is 13.1 Å². The van der Waals surface area contributed by atoms with Crippen LogP contribution in [-0.4, -0.2) is 23.5 Å². The molecular formula is C15H26N2. The van der Waals surface area contributed by atoms with Crippen LogP contribution >= 0.6 is 0 Å². The fourth-order valence-corrected chi connectivity index (χ4v) is 3.76. The highest BCUT2D eigenvalue weighted by atomic mass is 15.2. The second kappa shape index (κ2) is 4.98. The first-order valence-corrected chi connectivity index (χ1v) is 7.24. The predicted octanol–water partition coefficient (Wildman–Crippen LogP) is 3.72. The van der Waals surface area contributed by atoms with Gasteiger partial charge in [0.1, 0.15) is 5.54 Å². The predicted molar refractivity (Wildman–Crippen MR) is 70.6 cm³/mol. The molecule has 2 nitrogen and oxygen atoms in total. The van der Waals surface area contributed by atoms with Gasteiger partial charge in [-0.25, -0.2) is 0 Å². The first-order chi connectivity index (χ1) is 8.08. The van der Waals surface area contributed by atoms with Gasteiger partial charge in [0.2, 0.25) is 0 Å². The van der Waals surface area contributed by atoms with Crippen LogP contribution in [0.5, 0.6) is 0 Å². The number of likely N-dealkylation sites (tertiary alicyclic amines) is 1. The van der Waals surface area contributed by atoms with Crippen molar-refractivity contribution in [1.82, 2.24) is 4.90 Å². The Kier molecular flexibility index (Phi) is 3.78. The maximum Gasteiger partial charge on any atom is 0.109 e. The van der Waals surface area contributed by atoms with Crippen LogP contribution in [0.1, 0.15) is 65.2 Å². The van der Waals surface area contributed by atoms with Crippen LogP contribution in [0.2, 0.25) is 0 Å². The van der Waals surface area contributed by atoms with Crippen molar-refractivity contribution in [3.63, 3.8) is 0 Å². The quantitative estimate of drug-likeness (QED) is 0.691. The number of hydrogen-bond acceptors (Lipinski definition) is 2. The summed E-state index contributed by atoms with van der Waals surface area (Å²) in [5.74, 6) is 0. The Hall–Kier alpha value is -0.550. The van der Waals surface area contributed by atoms with E-state index in [0.29, 0.717) is 5.41 Å². The molecule has 96 valence electrons. The fourth-order valence-electron chi connectivity index (χ4n) is 3.76. The number of rotatable bonds is 1. The summed E-state index contributed by atoms with van der Waals surface area (Å²) in [5, 5.41) is 9.73. The van der Waals surface area contributed by atoms with E-state index in [1.807, 2.05) is 0 Å². The Morgan fingerprint density at radius 1 is 0.941 bits per heavy atom. The van der Waals surface area contributed by atoms with E-state index in [2.05, 4.69) is 24.8 Å². The molecule has 0 amide bonds. The maximum atomic E-state index is 9.73. The smallest absolute Gasteiger partial charge is 0.109 e. The monoisotopic (exact) mass is 234 g/mol. The highest BCUT2D eigenvalue weighted by Gasteiger charge is 2.44. The molecule has 0 aromatic carbocycles. The van der Waals surface area contributed by atoms with Crippen LogP contribution in [0.4, 0.5) is 0 Å². The van der Waals surface area contributed by atoms with E-state index in [4.69, 9.17) is 0 Å². The summed E-state index contributed by atoms with van der Waals surface area (Å²) in [6, 6.07) is 2.70. The zero-order valence-corrected chi connectivity index (χ0v) is 11.5. The zero-order valence-electron chi connectivity index (χ0n) is 11.5. The third-order valence-electron chi connectivity index (χ3n) is 4.63. The second-order valence-electron chi connectivity index (χ2n) is 6.74. The average Bonchev–Trinajstić information content (AvgIpc) is 2.56. The van der Waals surface area contributed by atoms with Crippen molar-refractivity contribution in [3.8, 4) is 6.07 Å². The normalized spacial score (nSPS) is 34.9. The number of nitriles is 1. The second-order valence-corrected chi connectivity index (χ2v) is 6.74. The standard InChI is InChI=1S/C15H26N2/c1-14(2)8-7-9-15(12-14,13-16)17-10-5-3-4-6-11-17/h3-12H2,1-2H3. The minimum absolute atomic E-state index is 0.147. The van der Waals surface area contributed by atoms with Gasteiger partial charge in [-0.2, -0.15) is 5.26 Å². The van der Waals surface area contributed by atoms with Crippen molar-refractivity contribution in [1.29, 1.82) is 5.26 Å². The highest BCUT2D eigenvalue weighted by Crippen LogP contribution is 2.44. The molecule has 0 aromatic rings. The van der Waals surface area contributed by atoms with Crippen molar-refractivity contribution < 1.29 is 0 Å². The lowest BCUT2D eigenvalue weighted by Crippen LogP contribution is -2.52. The molecule has 1 saturated carbocycles. The van der Waals surface area contributed by atoms with Gasteiger partial charge in [0.25, 0.3) is 0 Å². The lowest BCUT2D eigenvalue weighted by Gasteiger charge is -2.47. The van der Waals surface area contributed by atoms with Gasteiger partial charge in [-0.1, -0.05) is 33.1 Å². The van der Waals surface area contributed by atoms with E-state index >= 15 is 0 Å². The van der Waals surface area contributed by atoms with Crippen LogP contribution in [0.15, 0.2) is 0 Å². The first kappa shape index (κ1) is 12.9. The Labute approximate surface area is 106 Å². The van der Waals surface area contributed by atoms with Gasteiger partial charge in [0, 0.05) is 0 Å². The third-order valence-corrected chi connectivity index (χ3v) is 4.63. The first-order valence-electron chi connectivity index (χ1n) is 7.24. The molecular weight excluding hydrogens is 208 g/mol. The van der Waals surface area contributed by atoms with Gasteiger partial charge in [-0.15, -0.1) is 0 Å². The van der Waals surface area contributed by atoms with Crippen molar-refractivity contribution >= 4 is 0 Å². The maximum absolute atomic E-state index is 9.73. The van der Waals surface area contributed by atoms with Gasteiger partial charge in [0.15, 0.2) is 0 Å². The summed E-state index contributed by atoms with van der Waals surface area (Å²) >= 11 is 0. The summed E-state index contributed by atoms with van der Waals surface area (Å²) in [5.41, 5.74) is 0.201. The molecule has 0 aromatic heterocycles. The summed E-state index contributed by atoms with van der Waals surface area (Å²) in [6.07, 6.45) is 9.92. The molecule has 0 bridgehead atoms. The van der Waals surface area contributed by atoms with E-state index in [1.54, 1.807) is 0 Å². The fraction of sp³-hybridized carbons (Fsp3) is 0.933. The zero-order chi connectivity index (χ0) is 12.4. The Balaban J connectivity index is 2.15. The molecule has 1 atom stereocenters. The number of nitrogens with zero attached hydrogens (tertiary/aromatic N) is 2. The van der Waals surface area contributed by atoms with Gasteiger partial charge in [0.05, 0.1) is 6.07 Å². The molecule has 1 aliphatic heterocycles. The SMILES string of the molecule is CC1(C)CCCC(C#N)(N2CCCCCC2)C1. The Bertz CT molecular complexity index is 295. The van der Waals surface area contributed by atoms with Gasteiger partial charge >= 0.3 is 0 Å². The van der Waals surface area contributed by atoms with Gasteiger partial charge < -0.3 is 0 Å². The Morgan fingerprint density at radius 2 is 1.59 bits per heavy atom. The largest absolute Gasteiger partial charge is 0.286 e. The van der Waals surface area contributed by atoms with Crippen molar-refractivity contribution in [2.24, 2.45) is 5.41 Å². The van der Waals surface area contributed by atoms with Crippen molar-refractivity contribution in [3.05, 3.63) is 0 Å². The summed E-state index contributed by atoms with van der Waals surface area (Å²) in [4.78, 5) is 2.51. The Morgan fingerprint density at radius 3 is 2.12 bits per heavy atom. The van der Waals surface area contributed by atoms with E-state index in [0.717, 1.165) is 25.9 Å². The van der Waals surface area contributed by atoms with Crippen LogP contribution < -0.4 is 0 Å². The van der Waals surface area contributed by atoms with E-state index in [1.165, 1.54) is 38.5 Å². The lowest BCUT2D eigenvalue weighted by molar-refractivity contribution is 0.0467. The molecule has 2 aliphatic rings. The molecule has 2 heteroatoms.